The van der Waals surface area contributed by atoms with Gasteiger partial charge < -0.3 is 15.5 Å². The van der Waals surface area contributed by atoms with Crippen LogP contribution in [0.1, 0.15) is 35.4 Å². The number of hydrogen-bond donors (Lipinski definition) is 3. The van der Waals surface area contributed by atoms with E-state index in [0.29, 0.717) is 13.1 Å². The van der Waals surface area contributed by atoms with Gasteiger partial charge in [0.2, 0.25) is 0 Å². The summed E-state index contributed by atoms with van der Waals surface area (Å²) >= 11 is 1.71. The Bertz CT molecular complexity index is 745. The molecule has 1 aromatic heterocycles. The molecule has 5 nitrogen and oxygen atoms in total. The molecular weight excluding hydrogens is 346 g/mol. The van der Waals surface area contributed by atoms with E-state index in [0.717, 1.165) is 25.9 Å². The van der Waals surface area contributed by atoms with Crippen molar-refractivity contribution < 1.29 is 14.5 Å². The lowest BCUT2D eigenvalue weighted by Gasteiger charge is -2.32. The monoisotopic (exact) mass is 372 g/mol. The molecule has 2 aromatic rings. The van der Waals surface area contributed by atoms with Gasteiger partial charge in [-0.3, -0.25) is 9.59 Å². The molecule has 1 aliphatic rings. The van der Waals surface area contributed by atoms with E-state index in [1.807, 2.05) is 13.0 Å². The largest absolute Gasteiger partial charge is 0.348 e. The van der Waals surface area contributed by atoms with Crippen LogP contribution in [0, 0.1) is 0 Å². The van der Waals surface area contributed by atoms with Crippen molar-refractivity contribution >= 4 is 23.2 Å². The summed E-state index contributed by atoms with van der Waals surface area (Å²) < 4.78 is 0. The second-order valence-electron chi connectivity index (χ2n) is 6.64. The highest BCUT2D eigenvalue weighted by Gasteiger charge is 2.30. The second-order valence-corrected chi connectivity index (χ2v) is 7.62. The van der Waals surface area contributed by atoms with E-state index in [-0.39, 0.29) is 6.04 Å². The summed E-state index contributed by atoms with van der Waals surface area (Å²) in [6, 6.07) is 12.9. The average molecular weight is 373 g/mol. The number of rotatable bonds is 6. The van der Waals surface area contributed by atoms with Crippen LogP contribution in [0.5, 0.6) is 0 Å². The number of amides is 2. The average Bonchev–Trinajstić information content (AvgIpc) is 3.20. The standard InChI is InChI=1S/C20H25N3O2S/c1-2-10-21-19(24)20(25)22-13-17(18-8-5-12-26-18)23-11-9-15-6-3-4-7-16(15)14-23/h3-8,12,17H,2,9-11,13-14H2,1H3,(H,21,24)(H,22,25)/p+1/t17-/m0/s1. The van der Waals surface area contributed by atoms with Crippen molar-refractivity contribution in [2.24, 2.45) is 0 Å². The Hall–Kier alpha value is -2.18. The van der Waals surface area contributed by atoms with Gasteiger partial charge in [0.25, 0.3) is 0 Å². The zero-order chi connectivity index (χ0) is 18.4. The summed E-state index contributed by atoms with van der Waals surface area (Å²) in [5.74, 6) is -1.09. The van der Waals surface area contributed by atoms with E-state index < -0.39 is 11.8 Å². The molecule has 3 rings (SSSR count). The van der Waals surface area contributed by atoms with Crippen molar-refractivity contribution in [3.05, 3.63) is 57.8 Å². The first-order chi connectivity index (χ1) is 12.7. The fraction of sp³-hybridized carbons (Fsp3) is 0.400. The summed E-state index contributed by atoms with van der Waals surface area (Å²) in [6.07, 6.45) is 1.85. The molecular formula is C20H26N3O2S+. The van der Waals surface area contributed by atoms with Gasteiger partial charge in [0, 0.05) is 18.5 Å². The highest BCUT2D eigenvalue weighted by molar-refractivity contribution is 7.10. The summed E-state index contributed by atoms with van der Waals surface area (Å²) in [6.45, 7) is 4.92. The molecule has 1 aromatic carbocycles. The third-order valence-electron chi connectivity index (χ3n) is 4.84. The van der Waals surface area contributed by atoms with Crippen LogP contribution in [0.4, 0.5) is 0 Å². The number of quaternary nitrogens is 1. The lowest BCUT2D eigenvalue weighted by atomic mass is 9.98. The molecule has 0 aliphatic carbocycles. The number of hydrogen-bond acceptors (Lipinski definition) is 3. The molecule has 2 amide bonds. The van der Waals surface area contributed by atoms with Crippen LogP contribution in [-0.2, 0) is 22.6 Å². The second kappa shape index (κ2) is 8.96. The molecule has 0 spiro atoms. The highest BCUT2D eigenvalue weighted by atomic mass is 32.1. The van der Waals surface area contributed by atoms with E-state index >= 15 is 0 Å². The Balaban J connectivity index is 1.67. The van der Waals surface area contributed by atoms with Crippen molar-refractivity contribution in [3.63, 3.8) is 0 Å². The summed E-state index contributed by atoms with van der Waals surface area (Å²) in [5.41, 5.74) is 2.80. The third kappa shape index (κ3) is 4.51. The molecule has 26 heavy (non-hydrogen) atoms. The maximum Gasteiger partial charge on any atom is 0.309 e. The van der Waals surface area contributed by atoms with Gasteiger partial charge in [-0.05, 0) is 23.4 Å². The number of nitrogens with one attached hydrogen (secondary N) is 3. The maximum absolute atomic E-state index is 12.1. The van der Waals surface area contributed by atoms with Crippen molar-refractivity contribution in [1.29, 1.82) is 0 Å². The van der Waals surface area contributed by atoms with Crippen LogP contribution in [0.3, 0.4) is 0 Å². The predicted octanol–water partition coefficient (Wildman–Crippen LogP) is 1.07. The zero-order valence-electron chi connectivity index (χ0n) is 15.1. The first-order valence-electron chi connectivity index (χ1n) is 9.19. The van der Waals surface area contributed by atoms with Crippen molar-refractivity contribution in [2.45, 2.75) is 32.4 Å². The minimum Gasteiger partial charge on any atom is -0.348 e. The van der Waals surface area contributed by atoms with Crippen LogP contribution in [0.25, 0.3) is 0 Å². The number of benzene rings is 1. The molecule has 1 aliphatic heterocycles. The minimum absolute atomic E-state index is 0.159. The molecule has 0 bridgehead atoms. The fourth-order valence-electron chi connectivity index (χ4n) is 3.43. The highest BCUT2D eigenvalue weighted by Crippen LogP contribution is 2.18. The smallest absolute Gasteiger partial charge is 0.309 e. The molecule has 0 saturated carbocycles. The van der Waals surface area contributed by atoms with E-state index in [9.17, 15) is 9.59 Å². The van der Waals surface area contributed by atoms with Gasteiger partial charge in [-0.25, -0.2) is 0 Å². The summed E-state index contributed by atoms with van der Waals surface area (Å²) in [4.78, 5) is 26.6. The fourth-order valence-corrected chi connectivity index (χ4v) is 4.31. The van der Waals surface area contributed by atoms with Crippen molar-refractivity contribution in [3.8, 4) is 0 Å². The Kier molecular flexibility index (Phi) is 6.41. The van der Waals surface area contributed by atoms with Gasteiger partial charge in [-0.2, -0.15) is 0 Å². The van der Waals surface area contributed by atoms with E-state index in [1.165, 1.54) is 20.9 Å². The van der Waals surface area contributed by atoms with Crippen molar-refractivity contribution in [1.82, 2.24) is 10.6 Å². The minimum atomic E-state index is -0.546. The third-order valence-corrected chi connectivity index (χ3v) is 5.83. The van der Waals surface area contributed by atoms with Gasteiger partial charge in [0.1, 0.15) is 12.6 Å². The van der Waals surface area contributed by atoms with E-state index in [1.54, 1.807) is 11.3 Å². The first kappa shape index (κ1) is 18.6. The number of thiophene rings is 1. The Morgan fingerprint density at radius 1 is 1.12 bits per heavy atom. The SMILES string of the molecule is CCCNC(=O)C(=O)NC[C@@H](c1cccs1)[NH+]1CCc2ccccc2C1. The van der Waals surface area contributed by atoms with Crippen LogP contribution in [0.15, 0.2) is 41.8 Å². The lowest BCUT2D eigenvalue weighted by molar-refractivity contribution is -0.945. The maximum atomic E-state index is 12.1. The molecule has 3 N–H and O–H groups in total. The number of carbonyl (C=O) groups excluding carboxylic acids is 2. The molecule has 138 valence electrons. The van der Waals surface area contributed by atoms with Gasteiger partial charge >= 0.3 is 11.8 Å². The van der Waals surface area contributed by atoms with Gasteiger partial charge in [0.05, 0.1) is 18.0 Å². The first-order valence-corrected chi connectivity index (χ1v) is 10.1. The molecule has 6 heteroatoms. The molecule has 1 unspecified atom stereocenters. The van der Waals surface area contributed by atoms with Crippen LogP contribution >= 0.6 is 11.3 Å². The topological polar surface area (TPSA) is 62.6 Å². The molecule has 0 radical (unpaired) electrons. The zero-order valence-corrected chi connectivity index (χ0v) is 15.9. The van der Waals surface area contributed by atoms with Crippen LogP contribution < -0.4 is 15.5 Å². The quantitative estimate of drug-likeness (QED) is 0.665. The van der Waals surface area contributed by atoms with Crippen LogP contribution in [-0.4, -0.2) is 31.4 Å². The van der Waals surface area contributed by atoms with E-state index in [2.05, 4.69) is 46.3 Å². The number of fused-ring (bicyclic) bond motifs is 1. The lowest BCUT2D eigenvalue weighted by Crippen LogP contribution is -3.12. The Morgan fingerprint density at radius 3 is 2.62 bits per heavy atom. The Morgan fingerprint density at radius 2 is 1.88 bits per heavy atom. The molecule has 0 fully saturated rings. The molecule has 2 atom stereocenters. The Labute approximate surface area is 158 Å². The summed E-state index contributed by atoms with van der Waals surface area (Å²) in [5, 5.41) is 7.53. The normalized spacial score (nSPS) is 17.2. The molecule has 0 saturated heterocycles. The van der Waals surface area contributed by atoms with Gasteiger partial charge in [0.15, 0.2) is 0 Å². The predicted molar refractivity (Wildman–Crippen MR) is 103 cm³/mol. The van der Waals surface area contributed by atoms with E-state index in [4.69, 9.17) is 0 Å². The van der Waals surface area contributed by atoms with Crippen molar-refractivity contribution in [2.75, 3.05) is 19.6 Å². The summed E-state index contributed by atoms with van der Waals surface area (Å²) in [7, 11) is 0. The number of carbonyl (C=O) groups is 2. The van der Waals surface area contributed by atoms with Crippen LogP contribution in [0.2, 0.25) is 0 Å². The molecule has 2 heterocycles. The van der Waals surface area contributed by atoms with Gasteiger partial charge in [-0.1, -0.05) is 37.3 Å². The van der Waals surface area contributed by atoms with Gasteiger partial charge in [-0.15, -0.1) is 11.3 Å².